The van der Waals surface area contributed by atoms with Crippen molar-refractivity contribution in [2.75, 3.05) is 0 Å². The summed E-state index contributed by atoms with van der Waals surface area (Å²) in [6.07, 6.45) is 11.6. The van der Waals surface area contributed by atoms with Crippen LogP contribution in [0.5, 0.6) is 0 Å². The number of nitrogens with two attached hydrogens (primary N) is 1. The van der Waals surface area contributed by atoms with E-state index in [-0.39, 0.29) is 0 Å². The standard InChI is InChI=1S/C15H27N/c1-10-5-4-6-11(9-10)15(16)14-12-7-2-3-8-13(12)14/h10-15H,2-9,16H2,1H3. The first-order chi connectivity index (χ1) is 7.77. The van der Waals surface area contributed by atoms with Crippen LogP contribution in [0.15, 0.2) is 0 Å². The van der Waals surface area contributed by atoms with E-state index in [4.69, 9.17) is 5.73 Å². The summed E-state index contributed by atoms with van der Waals surface area (Å²) in [5, 5.41) is 0. The van der Waals surface area contributed by atoms with Crippen LogP contribution < -0.4 is 5.73 Å². The fourth-order valence-electron chi connectivity index (χ4n) is 4.76. The van der Waals surface area contributed by atoms with Crippen LogP contribution in [0, 0.1) is 29.6 Å². The molecule has 3 rings (SSSR count). The summed E-state index contributed by atoms with van der Waals surface area (Å²) in [4.78, 5) is 0. The zero-order valence-corrected chi connectivity index (χ0v) is 10.7. The lowest BCUT2D eigenvalue weighted by molar-refractivity contribution is 0.227. The topological polar surface area (TPSA) is 26.0 Å². The smallest absolute Gasteiger partial charge is 0.0101 e. The van der Waals surface area contributed by atoms with E-state index < -0.39 is 0 Å². The highest BCUT2D eigenvalue weighted by atomic mass is 14.8. The van der Waals surface area contributed by atoms with Gasteiger partial charge in [0.25, 0.3) is 0 Å². The summed E-state index contributed by atoms with van der Waals surface area (Å²) in [6.45, 7) is 2.42. The summed E-state index contributed by atoms with van der Waals surface area (Å²) in [5.74, 6) is 4.81. The van der Waals surface area contributed by atoms with Crippen LogP contribution in [0.4, 0.5) is 0 Å². The molecule has 0 saturated heterocycles. The number of hydrogen-bond acceptors (Lipinski definition) is 1. The van der Waals surface area contributed by atoms with E-state index in [2.05, 4.69) is 6.92 Å². The minimum absolute atomic E-state index is 0.552. The zero-order chi connectivity index (χ0) is 11.1. The minimum atomic E-state index is 0.552. The van der Waals surface area contributed by atoms with Crippen molar-refractivity contribution in [3.05, 3.63) is 0 Å². The van der Waals surface area contributed by atoms with Gasteiger partial charge in [-0.05, 0) is 55.3 Å². The maximum absolute atomic E-state index is 6.58. The zero-order valence-electron chi connectivity index (χ0n) is 10.7. The van der Waals surface area contributed by atoms with Crippen molar-refractivity contribution in [2.24, 2.45) is 35.3 Å². The van der Waals surface area contributed by atoms with Gasteiger partial charge in [0.05, 0.1) is 0 Å². The molecule has 0 amide bonds. The lowest BCUT2D eigenvalue weighted by Gasteiger charge is -2.31. The molecule has 0 spiro atoms. The summed E-state index contributed by atoms with van der Waals surface area (Å²) in [5.41, 5.74) is 6.58. The quantitative estimate of drug-likeness (QED) is 0.758. The minimum Gasteiger partial charge on any atom is -0.327 e. The number of rotatable bonds is 2. The molecule has 3 aliphatic rings. The molecule has 0 bridgehead atoms. The molecule has 2 N–H and O–H groups in total. The predicted molar refractivity (Wildman–Crippen MR) is 68.0 cm³/mol. The van der Waals surface area contributed by atoms with Gasteiger partial charge in [-0.15, -0.1) is 0 Å². The third kappa shape index (κ3) is 1.92. The fourth-order valence-corrected chi connectivity index (χ4v) is 4.76. The van der Waals surface area contributed by atoms with Gasteiger partial charge in [-0.3, -0.25) is 0 Å². The van der Waals surface area contributed by atoms with Gasteiger partial charge in [0.1, 0.15) is 0 Å². The molecule has 92 valence electrons. The summed E-state index contributed by atoms with van der Waals surface area (Å²) >= 11 is 0. The van der Waals surface area contributed by atoms with Crippen LogP contribution in [-0.4, -0.2) is 6.04 Å². The summed E-state index contributed by atoms with van der Waals surface area (Å²) in [6, 6.07) is 0.552. The van der Waals surface area contributed by atoms with Crippen LogP contribution in [0.25, 0.3) is 0 Å². The molecule has 1 heteroatoms. The molecule has 0 aliphatic heterocycles. The van der Waals surface area contributed by atoms with Crippen molar-refractivity contribution in [1.29, 1.82) is 0 Å². The van der Waals surface area contributed by atoms with Gasteiger partial charge in [0.2, 0.25) is 0 Å². The third-order valence-corrected chi connectivity index (χ3v) is 5.69. The van der Waals surface area contributed by atoms with Crippen molar-refractivity contribution in [3.63, 3.8) is 0 Å². The van der Waals surface area contributed by atoms with Gasteiger partial charge < -0.3 is 5.73 Å². The molecule has 3 saturated carbocycles. The highest BCUT2D eigenvalue weighted by Crippen LogP contribution is 2.58. The first-order valence-electron chi connectivity index (χ1n) is 7.53. The summed E-state index contributed by atoms with van der Waals surface area (Å²) < 4.78 is 0. The van der Waals surface area contributed by atoms with E-state index in [0.29, 0.717) is 6.04 Å². The van der Waals surface area contributed by atoms with Gasteiger partial charge in [-0.2, -0.15) is 0 Å². The molecule has 16 heavy (non-hydrogen) atoms. The van der Waals surface area contributed by atoms with E-state index in [9.17, 15) is 0 Å². The molecule has 5 atom stereocenters. The van der Waals surface area contributed by atoms with E-state index in [0.717, 1.165) is 29.6 Å². The van der Waals surface area contributed by atoms with E-state index in [1.807, 2.05) is 0 Å². The van der Waals surface area contributed by atoms with Crippen molar-refractivity contribution in [1.82, 2.24) is 0 Å². The second-order valence-electron chi connectivity index (χ2n) is 6.80. The molecular weight excluding hydrogens is 194 g/mol. The van der Waals surface area contributed by atoms with Gasteiger partial charge in [-0.25, -0.2) is 0 Å². The number of fused-ring (bicyclic) bond motifs is 1. The third-order valence-electron chi connectivity index (χ3n) is 5.69. The van der Waals surface area contributed by atoms with Crippen molar-refractivity contribution in [2.45, 2.75) is 64.3 Å². The van der Waals surface area contributed by atoms with Crippen molar-refractivity contribution >= 4 is 0 Å². The molecule has 0 aromatic carbocycles. The molecular formula is C15H27N. The fraction of sp³-hybridized carbons (Fsp3) is 1.00. The molecule has 0 heterocycles. The molecule has 3 aliphatic carbocycles. The second-order valence-corrected chi connectivity index (χ2v) is 6.80. The van der Waals surface area contributed by atoms with Crippen LogP contribution in [0.3, 0.4) is 0 Å². The molecule has 1 nitrogen and oxygen atoms in total. The Morgan fingerprint density at radius 3 is 2.25 bits per heavy atom. The van der Waals surface area contributed by atoms with Gasteiger partial charge in [0, 0.05) is 6.04 Å². The predicted octanol–water partition coefficient (Wildman–Crippen LogP) is 3.58. The van der Waals surface area contributed by atoms with Gasteiger partial charge in [-0.1, -0.05) is 32.6 Å². The number of hydrogen-bond donors (Lipinski definition) is 1. The average Bonchev–Trinajstić information content (AvgIpc) is 3.02. The maximum Gasteiger partial charge on any atom is 0.0101 e. The van der Waals surface area contributed by atoms with Crippen LogP contribution in [-0.2, 0) is 0 Å². The molecule has 0 aromatic rings. The summed E-state index contributed by atoms with van der Waals surface area (Å²) in [7, 11) is 0. The maximum atomic E-state index is 6.58. The Hall–Kier alpha value is -0.0400. The Morgan fingerprint density at radius 1 is 0.938 bits per heavy atom. The van der Waals surface area contributed by atoms with Crippen molar-refractivity contribution < 1.29 is 0 Å². The van der Waals surface area contributed by atoms with Crippen LogP contribution in [0.1, 0.15) is 58.3 Å². The average molecular weight is 221 g/mol. The van der Waals surface area contributed by atoms with E-state index >= 15 is 0 Å². The second kappa shape index (κ2) is 4.33. The van der Waals surface area contributed by atoms with Crippen LogP contribution in [0.2, 0.25) is 0 Å². The van der Waals surface area contributed by atoms with E-state index in [1.165, 1.54) is 51.4 Å². The SMILES string of the molecule is CC1CCCC(C(N)C2C3CCCCC32)C1. The monoisotopic (exact) mass is 221 g/mol. The Labute approximate surface area is 100 Å². The highest BCUT2D eigenvalue weighted by molar-refractivity contribution is 5.05. The lowest BCUT2D eigenvalue weighted by atomic mass is 9.77. The van der Waals surface area contributed by atoms with Gasteiger partial charge >= 0.3 is 0 Å². The lowest BCUT2D eigenvalue weighted by Crippen LogP contribution is -2.36. The molecule has 3 fully saturated rings. The van der Waals surface area contributed by atoms with Crippen molar-refractivity contribution in [3.8, 4) is 0 Å². The Bertz CT molecular complexity index is 236. The van der Waals surface area contributed by atoms with Gasteiger partial charge in [0.15, 0.2) is 0 Å². The first kappa shape index (κ1) is 11.1. The van der Waals surface area contributed by atoms with Crippen LogP contribution >= 0.6 is 0 Å². The largest absolute Gasteiger partial charge is 0.327 e. The highest BCUT2D eigenvalue weighted by Gasteiger charge is 2.54. The van der Waals surface area contributed by atoms with E-state index in [1.54, 1.807) is 0 Å². The Morgan fingerprint density at radius 2 is 1.62 bits per heavy atom. The molecule has 0 aromatic heterocycles. The Kier molecular flexibility index (Phi) is 2.99. The Balaban J connectivity index is 1.58. The first-order valence-corrected chi connectivity index (χ1v) is 7.53. The molecule has 0 radical (unpaired) electrons. The molecule has 5 unspecified atom stereocenters. The normalized spacial score (nSPS) is 49.5.